The van der Waals surface area contributed by atoms with Crippen molar-refractivity contribution in [3.63, 3.8) is 0 Å². The van der Waals surface area contributed by atoms with Gasteiger partial charge in [0.2, 0.25) is 0 Å². The third-order valence-electron chi connectivity index (χ3n) is 5.26. The Morgan fingerprint density at radius 1 is 1.37 bits per heavy atom. The number of ketones is 1. The van der Waals surface area contributed by atoms with Crippen LogP contribution in [0.25, 0.3) is 0 Å². The van der Waals surface area contributed by atoms with E-state index in [0.717, 1.165) is 30.4 Å². The summed E-state index contributed by atoms with van der Waals surface area (Å²) in [5, 5.41) is 10.5. The zero-order valence-corrected chi connectivity index (χ0v) is 17.5. The molecule has 0 spiro atoms. The maximum atomic E-state index is 12.2. The minimum Gasteiger partial charge on any atom is -0.462 e. The SMILES string of the molecule is CC(=O)OC/C=C1\CC[C@@H](O)[C@](C)(CCCC(C)C(=O)CC=C(C)C)OC1. The molecule has 0 aromatic rings. The van der Waals surface area contributed by atoms with Crippen molar-refractivity contribution in [1.82, 2.24) is 0 Å². The summed E-state index contributed by atoms with van der Waals surface area (Å²) in [6, 6.07) is 0. The second-order valence-electron chi connectivity index (χ2n) is 8.07. The number of aliphatic hydroxyl groups is 1. The minimum absolute atomic E-state index is 0.0197. The van der Waals surface area contributed by atoms with E-state index in [2.05, 4.69) is 0 Å². The van der Waals surface area contributed by atoms with Crippen LogP contribution in [0.1, 0.15) is 73.1 Å². The molecule has 1 saturated heterocycles. The van der Waals surface area contributed by atoms with Crippen molar-refractivity contribution in [3.8, 4) is 0 Å². The summed E-state index contributed by atoms with van der Waals surface area (Å²) in [6.07, 6.45) is 7.49. The van der Waals surface area contributed by atoms with E-state index in [-0.39, 0.29) is 24.3 Å². The number of hydrogen-bond donors (Lipinski definition) is 1. The topological polar surface area (TPSA) is 72.8 Å². The molecule has 0 aromatic heterocycles. The molecule has 1 unspecified atom stereocenters. The Bertz CT molecular complexity index is 559. The summed E-state index contributed by atoms with van der Waals surface area (Å²) in [6.45, 7) is 9.98. The second-order valence-corrected chi connectivity index (χ2v) is 8.07. The molecule has 1 rings (SSSR count). The zero-order valence-electron chi connectivity index (χ0n) is 17.5. The van der Waals surface area contributed by atoms with Crippen LogP contribution < -0.4 is 0 Å². The molecule has 0 aromatic carbocycles. The van der Waals surface area contributed by atoms with Crippen LogP contribution in [0.15, 0.2) is 23.3 Å². The van der Waals surface area contributed by atoms with Crippen LogP contribution in [0, 0.1) is 5.92 Å². The van der Waals surface area contributed by atoms with Gasteiger partial charge in [0.1, 0.15) is 12.4 Å². The fraction of sp³-hybridized carbons (Fsp3) is 0.727. The highest BCUT2D eigenvalue weighted by atomic mass is 16.5. The summed E-state index contributed by atoms with van der Waals surface area (Å²) in [7, 11) is 0. The van der Waals surface area contributed by atoms with Gasteiger partial charge in [0.25, 0.3) is 0 Å². The van der Waals surface area contributed by atoms with Crippen LogP contribution in [0.2, 0.25) is 0 Å². The highest BCUT2D eigenvalue weighted by Crippen LogP contribution is 2.31. The lowest BCUT2D eigenvalue weighted by Gasteiger charge is -2.33. The average Bonchev–Trinajstić information content (AvgIpc) is 2.73. The van der Waals surface area contributed by atoms with Gasteiger partial charge in [0, 0.05) is 19.3 Å². The lowest BCUT2D eigenvalue weighted by Crippen LogP contribution is -2.41. The van der Waals surface area contributed by atoms with Crippen LogP contribution in [0.5, 0.6) is 0 Å². The van der Waals surface area contributed by atoms with Crippen LogP contribution in [-0.2, 0) is 19.1 Å². The molecule has 27 heavy (non-hydrogen) atoms. The Kier molecular flexibility index (Phi) is 9.95. The average molecular weight is 381 g/mol. The van der Waals surface area contributed by atoms with Gasteiger partial charge in [0.15, 0.2) is 0 Å². The third-order valence-corrected chi connectivity index (χ3v) is 5.26. The van der Waals surface area contributed by atoms with Gasteiger partial charge in [-0.15, -0.1) is 0 Å². The van der Waals surface area contributed by atoms with Gasteiger partial charge < -0.3 is 14.6 Å². The molecular formula is C22H36O5. The molecule has 0 bridgehead atoms. The summed E-state index contributed by atoms with van der Waals surface area (Å²) in [5.74, 6) is -0.0230. The van der Waals surface area contributed by atoms with E-state index in [1.165, 1.54) is 6.92 Å². The first-order chi connectivity index (χ1) is 12.6. The quantitative estimate of drug-likeness (QED) is 0.481. The second kappa shape index (κ2) is 11.4. The molecule has 0 amide bonds. The Hall–Kier alpha value is -1.46. The number of Topliss-reactive ketones (excluding diaryl/α,β-unsaturated/α-hetero) is 1. The fourth-order valence-electron chi connectivity index (χ4n) is 3.16. The number of rotatable bonds is 9. The van der Waals surface area contributed by atoms with E-state index in [1.54, 1.807) is 0 Å². The van der Waals surface area contributed by atoms with E-state index < -0.39 is 11.7 Å². The molecule has 1 aliphatic rings. The van der Waals surface area contributed by atoms with Crippen molar-refractivity contribution in [2.45, 2.75) is 84.8 Å². The number of allylic oxidation sites excluding steroid dienone is 2. The van der Waals surface area contributed by atoms with Crippen LogP contribution in [-0.4, -0.2) is 41.8 Å². The predicted molar refractivity (Wildman–Crippen MR) is 106 cm³/mol. The van der Waals surface area contributed by atoms with Crippen molar-refractivity contribution in [3.05, 3.63) is 23.3 Å². The number of ether oxygens (including phenoxy) is 2. The minimum atomic E-state index is -0.611. The van der Waals surface area contributed by atoms with Gasteiger partial charge in [-0.1, -0.05) is 18.6 Å². The first kappa shape index (κ1) is 23.6. The number of carbonyl (C=O) groups is 2. The van der Waals surface area contributed by atoms with Gasteiger partial charge in [-0.05, 0) is 64.5 Å². The first-order valence-corrected chi connectivity index (χ1v) is 9.93. The van der Waals surface area contributed by atoms with E-state index in [4.69, 9.17) is 9.47 Å². The summed E-state index contributed by atoms with van der Waals surface area (Å²) in [4.78, 5) is 23.0. The predicted octanol–water partition coefficient (Wildman–Crippen LogP) is 4.14. The Morgan fingerprint density at radius 3 is 2.70 bits per heavy atom. The van der Waals surface area contributed by atoms with Crippen LogP contribution >= 0.6 is 0 Å². The molecular weight excluding hydrogens is 344 g/mol. The van der Waals surface area contributed by atoms with E-state index in [9.17, 15) is 14.7 Å². The van der Waals surface area contributed by atoms with E-state index in [1.807, 2.05) is 39.8 Å². The van der Waals surface area contributed by atoms with Crippen molar-refractivity contribution < 1.29 is 24.2 Å². The van der Waals surface area contributed by atoms with E-state index >= 15 is 0 Å². The highest BCUT2D eigenvalue weighted by molar-refractivity contribution is 5.82. The van der Waals surface area contributed by atoms with Crippen molar-refractivity contribution in [2.24, 2.45) is 5.92 Å². The molecule has 5 nitrogen and oxygen atoms in total. The van der Waals surface area contributed by atoms with Crippen molar-refractivity contribution in [1.29, 1.82) is 0 Å². The summed E-state index contributed by atoms with van der Waals surface area (Å²) in [5.41, 5.74) is 1.60. The fourth-order valence-corrected chi connectivity index (χ4v) is 3.16. The lowest BCUT2D eigenvalue weighted by atomic mass is 9.87. The normalized spacial score (nSPS) is 25.6. The Balaban J connectivity index is 2.50. The molecule has 1 aliphatic heterocycles. The standard InChI is InChI=1S/C22H36O5/c1-16(2)8-10-20(24)17(3)7-6-13-22(5)21(25)11-9-19(15-27-22)12-14-26-18(4)23/h8,12,17,21,25H,6-7,9-11,13-15H2,1-5H3/b19-12+/t17?,21-,22+/m1/s1. The van der Waals surface area contributed by atoms with E-state index in [0.29, 0.717) is 25.9 Å². The third kappa shape index (κ3) is 8.85. The number of hydrogen-bond acceptors (Lipinski definition) is 5. The van der Waals surface area contributed by atoms with Gasteiger partial charge in [0.05, 0.1) is 18.3 Å². The molecule has 3 atom stereocenters. The molecule has 0 saturated carbocycles. The van der Waals surface area contributed by atoms with Gasteiger partial charge in [-0.3, -0.25) is 9.59 Å². The number of esters is 1. The molecule has 1 N–H and O–H groups in total. The lowest BCUT2D eigenvalue weighted by molar-refractivity contribution is -0.139. The number of carbonyl (C=O) groups excluding carboxylic acids is 2. The zero-order chi connectivity index (χ0) is 20.4. The Labute approximate surface area is 163 Å². The molecule has 5 heteroatoms. The Morgan fingerprint density at radius 2 is 2.07 bits per heavy atom. The molecule has 154 valence electrons. The summed E-state index contributed by atoms with van der Waals surface area (Å²) < 4.78 is 11.0. The monoisotopic (exact) mass is 380 g/mol. The maximum Gasteiger partial charge on any atom is 0.302 e. The summed E-state index contributed by atoms with van der Waals surface area (Å²) >= 11 is 0. The maximum absolute atomic E-state index is 12.2. The van der Waals surface area contributed by atoms with Crippen molar-refractivity contribution in [2.75, 3.05) is 13.2 Å². The van der Waals surface area contributed by atoms with Gasteiger partial charge >= 0.3 is 5.97 Å². The smallest absolute Gasteiger partial charge is 0.302 e. The highest BCUT2D eigenvalue weighted by Gasteiger charge is 2.36. The van der Waals surface area contributed by atoms with Crippen LogP contribution in [0.4, 0.5) is 0 Å². The van der Waals surface area contributed by atoms with Crippen LogP contribution in [0.3, 0.4) is 0 Å². The molecule has 0 radical (unpaired) electrons. The van der Waals surface area contributed by atoms with Crippen molar-refractivity contribution >= 4 is 11.8 Å². The first-order valence-electron chi connectivity index (χ1n) is 9.93. The largest absolute Gasteiger partial charge is 0.462 e. The number of aliphatic hydroxyl groups excluding tert-OH is 1. The van der Waals surface area contributed by atoms with Gasteiger partial charge in [-0.25, -0.2) is 0 Å². The van der Waals surface area contributed by atoms with Gasteiger partial charge in [-0.2, -0.15) is 0 Å². The molecule has 1 heterocycles. The molecule has 0 aliphatic carbocycles. The molecule has 1 fully saturated rings.